The van der Waals surface area contributed by atoms with Crippen LogP contribution in [0.15, 0.2) is 47.6 Å². The summed E-state index contributed by atoms with van der Waals surface area (Å²) < 4.78 is 17.7. The summed E-state index contributed by atoms with van der Waals surface area (Å²) >= 11 is 0. The molecule has 6 heteroatoms. The fourth-order valence-corrected chi connectivity index (χ4v) is 1.90. The lowest BCUT2D eigenvalue weighted by molar-refractivity contribution is 0.0526. The van der Waals surface area contributed by atoms with E-state index in [1.807, 2.05) is 0 Å². The van der Waals surface area contributed by atoms with Crippen molar-refractivity contribution in [3.8, 4) is 0 Å². The molecule has 0 aromatic heterocycles. The number of ether oxygens (including phenoxy) is 1. The second-order valence-corrected chi connectivity index (χ2v) is 4.38. The lowest BCUT2D eigenvalue weighted by Gasteiger charge is -2.06. The topological polar surface area (TPSA) is 72.8 Å². The SMILES string of the molecule is CCOC(=O)c1ccc(C(=O)c2ccc(F)cc2)c(N=O)c1. The number of hydrogen-bond acceptors (Lipinski definition) is 5. The lowest BCUT2D eigenvalue weighted by atomic mass is 10.00. The third-order valence-electron chi connectivity index (χ3n) is 2.96. The quantitative estimate of drug-likeness (QED) is 0.480. The number of nitrogens with zero attached hydrogens (tertiary/aromatic N) is 1. The fourth-order valence-electron chi connectivity index (χ4n) is 1.90. The van der Waals surface area contributed by atoms with Gasteiger partial charge < -0.3 is 4.74 Å². The highest BCUT2D eigenvalue weighted by molar-refractivity contribution is 6.12. The van der Waals surface area contributed by atoms with Gasteiger partial charge in [0.15, 0.2) is 5.78 Å². The van der Waals surface area contributed by atoms with Crippen molar-refractivity contribution in [1.29, 1.82) is 0 Å². The molecule has 0 radical (unpaired) electrons. The number of ketones is 1. The fraction of sp³-hybridized carbons (Fsp3) is 0.125. The van der Waals surface area contributed by atoms with Crippen molar-refractivity contribution in [2.75, 3.05) is 6.61 Å². The molecule has 112 valence electrons. The molecular weight excluding hydrogens is 289 g/mol. The molecule has 0 bridgehead atoms. The third-order valence-corrected chi connectivity index (χ3v) is 2.96. The van der Waals surface area contributed by atoms with E-state index in [2.05, 4.69) is 5.18 Å². The standard InChI is InChI=1S/C16H12FNO4/c1-2-22-16(20)11-5-8-13(14(9-11)18-21)15(19)10-3-6-12(17)7-4-10/h3-9H,2H2,1H3. The van der Waals surface area contributed by atoms with Crippen molar-refractivity contribution >= 4 is 17.4 Å². The van der Waals surface area contributed by atoms with Crippen LogP contribution in [0.5, 0.6) is 0 Å². The molecule has 2 aromatic rings. The smallest absolute Gasteiger partial charge is 0.338 e. The Kier molecular flexibility index (Phi) is 4.73. The number of halogens is 1. The Morgan fingerprint density at radius 2 is 1.73 bits per heavy atom. The first kappa shape index (κ1) is 15.5. The number of esters is 1. The summed E-state index contributed by atoms with van der Waals surface area (Å²) in [5.41, 5.74) is 0.219. The largest absolute Gasteiger partial charge is 0.462 e. The Morgan fingerprint density at radius 1 is 1.09 bits per heavy atom. The van der Waals surface area contributed by atoms with E-state index in [1.54, 1.807) is 6.92 Å². The van der Waals surface area contributed by atoms with Crippen LogP contribution in [0.3, 0.4) is 0 Å². The van der Waals surface area contributed by atoms with Gasteiger partial charge in [-0.25, -0.2) is 9.18 Å². The van der Waals surface area contributed by atoms with Crippen LogP contribution in [-0.4, -0.2) is 18.4 Å². The summed E-state index contributed by atoms with van der Waals surface area (Å²) in [6, 6.07) is 8.82. The number of benzene rings is 2. The van der Waals surface area contributed by atoms with Crippen LogP contribution in [0, 0.1) is 10.7 Å². The summed E-state index contributed by atoms with van der Waals surface area (Å²) in [6.45, 7) is 1.85. The lowest BCUT2D eigenvalue weighted by Crippen LogP contribution is -2.07. The van der Waals surface area contributed by atoms with E-state index in [0.717, 1.165) is 12.1 Å². The summed E-state index contributed by atoms with van der Waals surface area (Å²) in [7, 11) is 0. The van der Waals surface area contributed by atoms with Gasteiger partial charge in [-0.1, -0.05) is 0 Å². The van der Waals surface area contributed by atoms with Crippen molar-refractivity contribution in [2.24, 2.45) is 5.18 Å². The molecule has 0 aliphatic carbocycles. The maximum absolute atomic E-state index is 12.9. The molecule has 0 amide bonds. The molecule has 0 atom stereocenters. The first-order valence-electron chi connectivity index (χ1n) is 6.51. The second kappa shape index (κ2) is 6.71. The van der Waals surface area contributed by atoms with Crippen LogP contribution in [-0.2, 0) is 4.74 Å². The summed E-state index contributed by atoms with van der Waals surface area (Å²) in [4.78, 5) is 34.9. The van der Waals surface area contributed by atoms with E-state index in [4.69, 9.17) is 4.74 Å². The Balaban J connectivity index is 2.38. The predicted molar refractivity (Wildman–Crippen MR) is 77.7 cm³/mol. The molecule has 0 spiro atoms. The summed E-state index contributed by atoms with van der Waals surface area (Å²) in [5.74, 6) is -1.55. The molecule has 2 aromatic carbocycles. The monoisotopic (exact) mass is 301 g/mol. The molecule has 0 saturated carbocycles. The molecule has 0 saturated heterocycles. The Morgan fingerprint density at radius 3 is 2.32 bits per heavy atom. The van der Waals surface area contributed by atoms with Crippen molar-refractivity contribution in [2.45, 2.75) is 6.92 Å². The van der Waals surface area contributed by atoms with Crippen molar-refractivity contribution in [3.63, 3.8) is 0 Å². The average Bonchev–Trinajstić information content (AvgIpc) is 2.54. The molecule has 22 heavy (non-hydrogen) atoms. The highest BCUT2D eigenvalue weighted by Crippen LogP contribution is 2.24. The van der Waals surface area contributed by atoms with E-state index in [0.29, 0.717) is 0 Å². The van der Waals surface area contributed by atoms with Gasteiger partial charge >= 0.3 is 5.97 Å². The number of carbonyl (C=O) groups excluding carboxylic acids is 2. The molecule has 2 rings (SSSR count). The minimum atomic E-state index is -0.604. The van der Waals surface area contributed by atoms with E-state index in [1.165, 1.54) is 30.3 Å². The highest BCUT2D eigenvalue weighted by atomic mass is 19.1. The zero-order chi connectivity index (χ0) is 16.1. The van der Waals surface area contributed by atoms with E-state index < -0.39 is 17.6 Å². The molecule has 0 N–H and O–H groups in total. The first-order valence-corrected chi connectivity index (χ1v) is 6.51. The van der Waals surface area contributed by atoms with Gasteiger partial charge in [-0.2, -0.15) is 0 Å². The van der Waals surface area contributed by atoms with Crippen LogP contribution >= 0.6 is 0 Å². The van der Waals surface area contributed by atoms with Crippen LogP contribution in [0.1, 0.15) is 33.2 Å². The zero-order valence-corrected chi connectivity index (χ0v) is 11.7. The number of carbonyl (C=O) groups is 2. The first-order chi connectivity index (χ1) is 10.6. The summed E-state index contributed by atoms with van der Waals surface area (Å²) in [5, 5.41) is 2.79. The Hall–Kier alpha value is -2.89. The van der Waals surface area contributed by atoms with Crippen molar-refractivity contribution < 1.29 is 18.7 Å². The Labute approximate surface area is 125 Å². The average molecular weight is 301 g/mol. The Bertz CT molecular complexity index is 725. The second-order valence-electron chi connectivity index (χ2n) is 4.38. The molecule has 5 nitrogen and oxygen atoms in total. The molecular formula is C16H12FNO4. The van der Waals surface area contributed by atoms with Gasteiger partial charge in [-0.15, -0.1) is 4.91 Å². The zero-order valence-electron chi connectivity index (χ0n) is 11.7. The maximum atomic E-state index is 12.9. The van der Waals surface area contributed by atoms with E-state index in [-0.39, 0.29) is 29.0 Å². The van der Waals surface area contributed by atoms with Gasteiger partial charge in [0.2, 0.25) is 0 Å². The minimum absolute atomic E-state index is 0.0367. The predicted octanol–water partition coefficient (Wildman–Crippen LogP) is 3.63. The van der Waals surface area contributed by atoms with Crippen molar-refractivity contribution in [1.82, 2.24) is 0 Å². The van der Waals surface area contributed by atoms with Crippen LogP contribution in [0.2, 0.25) is 0 Å². The van der Waals surface area contributed by atoms with Crippen LogP contribution in [0.25, 0.3) is 0 Å². The summed E-state index contributed by atoms with van der Waals surface area (Å²) in [6.07, 6.45) is 0. The minimum Gasteiger partial charge on any atom is -0.462 e. The third kappa shape index (κ3) is 3.22. The van der Waals surface area contributed by atoms with Gasteiger partial charge in [-0.3, -0.25) is 4.79 Å². The van der Waals surface area contributed by atoms with Gasteiger partial charge in [0.1, 0.15) is 11.5 Å². The number of hydrogen-bond donors (Lipinski definition) is 0. The highest BCUT2D eigenvalue weighted by Gasteiger charge is 2.17. The molecule has 0 heterocycles. The van der Waals surface area contributed by atoms with Gasteiger partial charge in [0.05, 0.1) is 17.7 Å². The normalized spacial score (nSPS) is 10.1. The van der Waals surface area contributed by atoms with E-state index >= 15 is 0 Å². The van der Waals surface area contributed by atoms with E-state index in [9.17, 15) is 18.9 Å². The molecule has 0 fully saturated rings. The maximum Gasteiger partial charge on any atom is 0.338 e. The van der Waals surface area contributed by atoms with Crippen LogP contribution < -0.4 is 0 Å². The molecule has 0 unspecified atom stereocenters. The van der Waals surface area contributed by atoms with Gasteiger partial charge in [0, 0.05) is 5.56 Å². The van der Waals surface area contributed by atoms with Gasteiger partial charge in [-0.05, 0) is 54.6 Å². The van der Waals surface area contributed by atoms with Crippen molar-refractivity contribution in [3.05, 3.63) is 69.9 Å². The molecule has 0 aliphatic heterocycles. The molecule has 0 aliphatic rings. The number of rotatable bonds is 5. The number of nitroso groups, excluding NO2 is 1. The van der Waals surface area contributed by atoms with Gasteiger partial charge in [0.25, 0.3) is 0 Å². The van der Waals surface area contributed by atoms with Crippen LogP contribution in [0.4, 0.5) is 10.1 Å².